The van der Waals surface area contributed by atoms with Crippen LogP contribution in [0.1, 0.15) is 26.9 Å². The van der Waals surface area contributed by atoms with Gasteiger partial charge in [0.05, 0.1) is 11.1 Å². The fraction of sp³-hybridized carbons (Fsp3) is 0.143. The molecule has 0 aliphatic heterocycles. The van der Waals surface area contributed by atoms with Gasteiger partial charge >= 0.3 is 0 Å². The lowest BCUT2D eigenvalue weighted by Gasteiger charge is -2.16. The summed E-state index contributed by atoms with van der Waals surface area (Å²) < 4.78 is 0. The Morgan fingerprint density at radius 2 is 2.00 bits per heavy atom. The van der Waals surface area contributed by atoms with Crippen LogP contribution in [0.25, 0.3) is 10.9 Å². The highest BCUT2D eigenvalue weighted by Crippen LogP contribution is 2.38. The summed E-state index contributed by atoms with van der Waals surface area (Å²) in [6.45, 7) is 4.15. The first-order chi connectivity index (χ1) is 12.6. The van der Waals surface area contributed by atoms with E-state index in [2.05, 4.69) is 47.3 Å². The Bertz CT molecular complexity index is 1070. The molecule has 1 aromatic carbocycles. The Labute approximate surface area is 156 Å². The van der Waals surface area contributed by atoms with E-state index in [0.717, 1.165) is 27.2 Å². The van der Waals surface area contributed by atoms with Crippen LogP contribution in [-0.4, -0.2) is 10.1 Å². The van der Waals surface area contributed by atoms with Gasteiger partial charge in [-0.05, 0) is 49.7 Å². The van der Waals surface area contributed by atoms with Gasteiger partial charge in [0.25, 0.3) is 5.82 Å². The van der Waals surface area contributed by atoms with Gasteiger partial charge in [0.2, 0.25) is 0 Å². The molecule has 0 aliphatic carbocycles. The van der Waals surface area contributed by atoms with Crippen LogP contribution in [0, 0.1) is 13.8 Å². The third-order valence-electron chi connectivity index (χ3n) is 4.39. The fourth-order valence-corrected chi connectivity index (χ4v) is 4.06. The average molecular weight is 362 g/mol. The molecule has 0 unspecified atom stereocenters. The van der Waals surface area contributed by atoms with Gasteiger partial charge in [-0.3, -0.25) is 10.3 Å². The molecule has 0 bridgehead atoms. The number of hydrogen-bond donors (Lipinski definition) is 2. The number of aromatic amines is 1. The summed E-state index contributed by atoms with van der Waals surface area (Å²) in [6.07, 6.45) is 3.62. The standard InChI is InChI=1S/C21H19N3OS/c1-13-9-11-22-18(12-13)24-20(17-8-5-14(2)26-17)16-7-6-15-4-3-10-23-19(15)21(16)25/h3-12,20,25H,1-2H3,(H,22,24)/p+1/t20-/m1/s1. The predicted molar refractivity (Wildman–Crippen MR) is 106 cm³/mol. The lowest BCUT2D eigenvalue weighted by molar-refractivity contribution is -0.361. The van der Waals surface area contributed by atoms with E-state index in [1.807, 2.05) is 36.5 Å². The summed E-state index contributed by atoms with van der Waals surface area (Å²) in [5, 5.41) is 15.4. The zero-order chi connectivity index (χ0) is 18.1. The van der Waals surface area contributed by atoms with Crippen molar-refractivity contribution in [1.82, 2.24) is 4.98 Å². The van der Waals surface area contributed by atoms with Crippen LogP contribution in [0.5, 0.6) is 5.75 Å². The first-order valence-electron chi connectivity index (χ1n) is 8.49. The van der Waals surface area contributed by atoms with Gasteiger partial charge in [-0.1, -0.05) is 12.1 Å². The number of pyridine rings is 2. The van der Waals surface area contributed by atoms with Crippen molar-refractivity contribution in [3.05, 3.63) is 81.8 Å². The number of fused-ring (bicyclic) bond motifs is 1. The molecule has 5 heteroatoms. The molecule has 0 spiro atoms. The van der Waals surface area contributed by atoms with Gasteiger partial charge in [-0.25, -0.2) is 4.98 Å². The number of H-pyrrole nitrogens is 1. The van der Waals surface area contributed by atoms with E-state index in [1.54, 1.807) is 17.5 Å². The third-order valence-corrected chi connectivity index (χ3v) is 5.46. The first-order valence-corrected chi connectivity index (χ1v) is 9.31. The van der Waals surface area contributed by atoms with E-state index in [-0.39, 0.29) is 11.8 Å². The van der Waals surface area contributed by atoms with E-state index in [4.69, 9.17) is 0 Å². The molecule has 130 valence electrons. The predicted octanol–water partition coefficient (Wildman–Crippen LogP) is 4.63. The van der Waals surface area contributed by atoms with Crippen LogP contribution >= 0.6 is 11.3 Å². The molecule has 3 aromatic heterocycles. The number of aromatic hydroxyl groups is 1. The summed E-state index contributed by atoms with van der Waals surface area (Å²) in [5.41, 5.74) is 2.60. The number of nitrogens with one attached hydrogen (secondary N) is 2. The second-order valence-corrected chi connectivity index (χ2v) is 7.70. The van der Waals surface area contributed by atoms with Gasteiger partial charge in [-0.2, -0.15) is 0 Å². The zero-order valence-electron chi connectivity index (χ0n) is 14.7. The highest BCUT2D eigenvalue weighted by Gasteiger charge is 2.25. The van der Waals surface area contributed by atoms with Crippen LogP contribution in [0.3, 0.4) is 0 Å². The molecule has 4 aromatic rings. The number of anilines is 1. The largest absolute Gasteiger partial charge is 0.505 e. The van der Waals surface area contributed by atoms with Crippen LogP contribution in [-0.2, 0) is 0 Å². The molecule has 0 amide bonds. The van der Waals surface area contributed by atoms with Crippen LogP contribution < -0.4 is 10.3 Å². The van der Waals surface area contributed by atoms with Gasteiger partial charge < -0.3 is 5.11 Å². The summed E-state index contributed by atoms with van der Waals surface area (Å²) >= 11 is 1.72. The second-order valence-electron chi connectivity index (χ2n) is 6.38. The lowest BCUT2D eigenvalue weighted by atomic mass is 10.0. The van der Waals surface area contributed by atoms with E-state index < -0.39 is 0 Å². The van der Waals surface area contributed by atoms with Crippen LogP contribution in [0.2, 0.25) is 0 Å². The third kappa shape index (κ3) is 3.13. The lowest BCUT2D eigenvalue weighted by Crippen LogP contribution is -2.18. The van der Waals surface area contributed by atoms with Crippen molar-refractivity contribution in [2.45, 2.75) is 19.9 Å². The SMILES string of the molecule is Cc1cc[nH+]c(N[C@@H](c2ccc(C)s2)c2ccc3cccnc3c2O)c1. The molecule has 3 N–H and O–H groups in total. The number of phenols is 1. The van der Waals surface area contributed by atoms with Gasteiger partial charge in [-0.15, -0.1) is 11.3 Å². The quantitative estimate of drug-likeness (QED) is 0.556. The molecule has 4 nitrogen and oxygen atoms in total. The molecule has 1 atom stereocenters. The molecule has 26 heavy (non-hydrogen) atoms. The molecule has 0 aliphatic rings. The number of phenolic OH excluding ortho intramolecular Hbond substituents is 1. The highest BCUT2D eigenvalue weighted by molar-refractivity contribution is 7.12. The number of hydrogen-bond acceptors (Lipinski definition) is 4. The molecular formula is C21H20N3OS+. The number of rotatable bonds is 4. The van der Waals surface area contributed by atoms with E-state index in [9.17, 15) is 5.11 Å². The van der Waals surface area contributed by atoms with Crippen molar-refractivity contribution >= 4 is 28.1 Å². The normalized spacial score (nSPS) is 12.2. The first kappa shape index (κ1) is 16.5. The van der Waals surface area contributed by atoms with Crippen LogP contribution in [0.15, 0.2) is 60.9 Å². The maximum atomic E-state index is 10.9. The van der Waals surface area contributed by atoms with E-state index >= 15 is 0 Å². The summed E-state index contributed by atoms with van der Waals surface area (Å²) in [5.74, 6) is 1.13. The Morgan fingerprint density at radius 1 is 1.12 bits per heavy atom. The Hall–Kier alpha value is -2.92. The van der Waals surface area contributed by atoms with Gasteiger partial charge in [0.1, 0.15) is 11.3 Å². The zero-order valence-corrected chi connectivity index (χ0v) is 15.5. The average Bonchev–Trinajstić information content (AvgIpc) is 3.07. The Balaban J connectivity index is 1.84. The topological polar surface area (TPSA) is 59.3 Å². The van der Waals surface area contributed by atoms with Crippen molar-refractivity contribution in [2.24, 2.45) is 0 Å². The van der Waals surface area contributed by atoms with Crippen molar-refractivity contribution in [1.29, 1.82) is 0 Å². The molecule has 0 saturated heterocycles. The summed E-state index contributed by atoms with van der Waals surface area (Å²) in [7, 11) is 0. The van der Waals surface area contributed by atoms with Crippen LogP contribution in [0.4, 0.5) is 5.82 Å². The van der Waals surface area contributed by atoms with Crippen molar-refractivity contribution in [3.63, 3.8) is 0 Å². The van der Waals surface area contributed by atoms with Crippen molar-refractivity contribution in [2.75, 3.05) is 5.32 Å². The number of benzene rings is 1. The highest BCUT2D eigenvalue weighted by atomic mass is 32.1. The van der Waals surface area contributed by atoms with E-state index in [0.29, 0.717) is 5.52 Å². The summed E-state index contributed by atoms with van der Waals surface area (Å²) in [6, 6.07) is 15.9. The maximum absolute atomic E-state index is 10.9. The molecule has 0 fully saturated rings. The minimum absolute atomic E-state index is 0.168. The fourth-order valence-electron chi connectivity index (χ4n) is 3.11. The molecule has 0 saturated carbocycles. The van der Waals surface area contributed by atoms with Crippen molar-refractivity contribution in [3.8, 4) is 5.75 Å². The molecule has 4 rings (SSSR count). The molecular weight excluding hydrogens is 342 g/mol. The summed E-state index contributed by atoms with van der Waals surface area (Å²) in [4.78, 5) is 9.98. The number of aromatic nitrogens is 2. The molecule has 0 radical (unpaired) electrons. The minimum Gasteiger partial charge on any atom is -0.505 e. The van der Waals surface area contributed by atoms with Gasteiger partial charge in [0, 0.05) is 28.1 Å². The van der Waals surface area contributed by atoms with Crippen molar-refractivity contribution < 1.29 is 10.1 Å². The minimum atomic E-state index is -0.168. The van der Waals surface area contributed by atoms with E-state index in [1.165, 1.54) is 4.88 Å². The molecule has 3 heterocycles. The number of aryl methyl sites for hydroxylation is 2. The number of nitrogens with zero attached hydrogens (tertiary/aromatic N) is 1. The Morgan fingerprint density at radius 3 is 2.77 bits per heavy atom. The van der Waals surface area contributed by atoms with Gasteiger partial charge in [0.15, 0.2) is 6.04 Å². The second kappa shape index (κ2) is 6.77. The Kier molecular flexibility index (Phi) is 4.31. The number of thiophene rings is 1. The maximum Gasteiger partial charge on any atom is 0.273 e. The smallest absolute Gasteiger partial charge is 0.273 e. The monoisotopic (exact) mass is 362 g/mol.